The van der Waals surface area contributed by atoms with E-state index in [1.807, 2.05) is 12.1 Å². The second-order valence-corrected chi connectivity index (χ2v) is 4.54. The molecular weight excluding hydrogens is 218 g/mol. The molecule has 0 spiro atoms. The van der Waals surface area contributed by atoms with Crippen molar-refractivity contribution in [2.24, 2.45) is 0 Å². The molecule has 1 fully saturated rings. The maximum Gasteiger partial charge on any atom is 0.143 e. The largest absolute Gasteiger partial charge is 0.495 e. The van der Waals surface area contributed by atoms with E-state index in [9.17, 15) is 5.11 Å². The fraction of sp³-hybridized carbons (Fsp3) is 0.615. The van der Waals surface area contributed by atoms with Crippen LogP contribution < -0.4 is 4.74 Å². The van der Waals surface area contributed by atoms with Gasteiger partial charge < -0.3 is 14.6 Å². The van der Waals surface area contributed by atoms with E-state index >= 15 is 0 Å². The molecule has 4 heteroatoms. The Kier molecular flexibility index (Phi) is 3.64. The van der Waals surface area contributed by atoms with Crippen molar-refractivity contribution in [2.75, 3.05) is 14.2 Å². The molecule has 1 aromatic rings. The molecule has 0 amide bonds. The number of aromatic nitrogens is 1. The van der Waals surface area contributed by atoms with Crippen LogP contribution >= 0.6 is 0 Å². The average molecular weight is 237 g/mol. The zero-order valence-corrected chi connectivity index (χ0v) is 10.3. The minimum atomic E-state index is -0.925. The molecule has 0 aromatic carbocycles. The lowest BCUT2D eigenvalue weighted by Gasteiger charge is -2.36. The van der Waals surface area contributed by atoms with Crippen LogP contribution in [0.15, 0.2) is 18.3 Å². The van der Waals surface area contributed by atoms with Crippen LogP contribution in [0.5, 0.6) is 5.75 Å². The number of aliphatic hydroxyl groups is 1. The molecule has 2 unspecified atom stereocenters. The number of ether oxygens (including phenoxy) is 2. The minimum absolute atomic E-state index is 0.0977. The summed E-state index contributed by atoms with van der Waals surface area (Å²) in [5.74, 6) is 0.645. The Hall–Kier alpha value is -1.13. The van der Waals surface area contributed by atoms with Crippen LogP contribution in [0.1, 0.15) is 31.4 Å². The maximum absolute atomic E-state index is 10.7. The van der Waals surface area contributed by atoms with E-state index in [0.29, 0.717) is 24.3 Å². The third-order valence-corrected chi connectivity index (χ3v) is 3.45. The lowest BCUT2D eigenvalue weighted by molar-refractivity contribution is -0.0668. The average Bonchev–Trinajstić information content (AvgIpc) is 2.38. The molecule has 0 aliphatic heterocycles. The zero-order valence-electron chi connectivity index (χ0n) is 10.3. The first-order valence-electron chi connectivity index (χ1n) is 5.94. The van der Waals surface area contributed by atoms with Gasteiger partial charge in [0.1, 0.15) is 17.0 Å². The zero-order chi connectivity index (χ0) is 12.3. The van der Waals surface area contributed by atoms with Crippen molar-refractivity contribution in [1.29, 1.82) is 0 Å². The van der Waals surface area contributed by atoms with Gasteiger partial charge >= 0.3 is 0 Å². The SMILES string of the molecule is COc1cccnc1C1(O)CCCC(OC)C1. The summed E-state index contributed by atoms with van der Waals surface area (Å²) >= 11 is 0. The number of rotatable bonds is 3. The van der Waals surface area contributed by atoms with Crippen molar-refractivity contribution >= 4 is 0 Å². The Morgan fingerprint density at radius 1 is 1.47 bits per heavy atom. The van der Waals surface area contributed by atoms with Gasteiger partial charge in [0.25, 0.3) is 0 Å². The Morgan fingerprint density at radius 3 is 3.00 bits per heavy atom. The van der Waals surface area contributed by atoms with E-state index in [4.69, 9.17) is 9.47 Å². The molecule has 1 N–H and O–H groups in total. The predicted molar refractivity (Wildman–Crippen MR) is 64.0 cm³/mol. The number of methoxy groups -OCH3 is 2. The topological polar surface area (TPSA) is 51.6 Å². The van der Waals surface area contributed by atoms with Gasteiger partial charge in [0.15, 0.2) is 0 Å². The Morgan fingerprint density at radius 2 is 2.29 bits per heavy atom. The molecule has 1 heterocycles. The van der Waals surface area contributed by atoms with Crippen molar-refractivity contribution in [3.63, 3.8) is 0 Å². The highest BCUT2D eigenvalue weighted by Gasteiger charge is 2.39. The summed E-state index contributed by atoms with van der Waals surface area (Å²) < 4.78 is 10.6. The molecule has 94 valence electrons. The van der Waals surface area contributed by atoms with E-state index in [2.05, 4.69) is 4.98 Å². The Bertz CT molecular complexity index is 383. The maximum atomic E-state index is 10.7. The summed E-state index contributed by atoms with van der Waals surface area (Å²) in [7, 11) is 3.28. The molecule has 2 rings (SSSR count). The number of hydrogen-bond donors (Lipinski definition) is 1. The first kappa shape index (κ1) is 12.3. The summed E-state index contributed by atoms with van der Waals surface area (Å²) in [6.45, 7) is 0. The molecule has 1 saturated carbocycles. The van der Waals surface area contributed by atoms with Crippen molar-refractivity contribution in [1.82, 2.24) is 4.98 Å². The number of nitrogens with zero attached hydrogens (tertiary/aromatic N) is 1. The molecule has 0 radical (unpaired) electrons. The predicted octanol–water partition coefficient (Wildman–Crippen LogP) is 1.87. The van der Waals surface area contributed by atoms with E-state index in [0.717, 1.165) is 12.8 Å². The minimum Gasteiger partial charge on any atom is -0.495 e. The second kappa shape index (κ2) is 5.02. The molecule has 17 heavy (non-hydrogen) atoms. The van der Waals surface area contributed by atoms with Gasteiger partial charge in [-0.05, 0) is 31.4 Å². The molecule has 0 saturated heterocycles. The normalized spacial score (nSPS) is 29.0. The Labute approximate surface area is 102 Å². The molecule has 4 nitrogen and oxygen atoms in total. The van der Waals surface area contributed by atoms with Crippen LogP contribution in [0.2, 0.25) is 0 Å². The molecule has 1 aliphatic carbocycles. The third kappa shape index (κ3) is 2.42. The second-order valence-electron chi connectivity index (χ2n) is 4.54. The first-order chi connectivity index (χ1) is 8.19. The summed E-state index contributed by atoms with van der Waals surface area (Å²) in [5, 5.41) is 10.7. The molecule has 1 aromatic heterocycles. The summed E-state index contributed by atoms with van der Waals surface area (Å²) in [6.07, 6.45) is 5.01. The van der Waals surface area contributed by atoms with Crippen LogP contribution in [0, 0.1) is 0 Å². The van der Waals surface area contributed by atoms with Gasteiger partial charge in [-0.25, -0.2) is 0 Å². The van der Waals surface area contributed by atoms with E-state index in [1.165, 1.54) is 0 Å². The van der Waals surface area contributed by atoms with Gasteiger partial charge in [-0.2, -0.15) is 0 Å². The van der Waals surface area contributed by atoms with Crippen LogP contribution in [-0.2, 0) is 10.3 Å². The summed E-state index contributed by atoms with van der Waals surface area (Å²) in [5.41, 5.74) is -0.296. The van der Waals surface area contributed by atoms with Crippen LogP contribution in [0.4, 0.5) is 0 Å². The van der Waals surface area contributed by atoms with Gasteiger partial charge in [-0.15, -0.1) is 0 Å². The summed E-state index contributed by atoms with van der Waals surface area (Å²) in [6, 6.07) is 3.64. The van der Waals surface area contributed by atoms with E-state index in [1.54, 1.807) is 20.4 Å². The van der Waals surface area contributed by atoms with Crippen LogP contribution in [0.3, 0.4) is 0 Å². The van der Waals surface area contributed by atoms with Crippen molar-refractivity contribution in [2.45, 2.75) is 37.4 Å². The Balaban J connectivity index is 2.30. The highest BCUT2D eigenvalue weighted by molar-refractivity contribution is 5.32. The lowest BCUT2D eigenvalue weighted by atomic mass is 9.80. The first-order valence-corrected chi connectivity index (χ1v) is 5.94. The van der Waals surface area contributed by atoms with Crippen molar-refractivity contribution in [3.8, 4) is 5.75 Å². The molecule has 2 atom stereocenters. The highest BCUT2D eigenvalue weighted by atomic mass is 16.5. The smallest absolute Gasteiger partial charge is 0.143 e. The van der Waals surface area contributed by atoms with Gasteiger partial charge in [-0.1, -0.05) is 0 Å². The quantitative estimate of drug-likeness (QED) is 0.872. The summed E-state index contributed by atoms with van der Waals surface area (Å²) in [4.78, 5) is 4.28. The fourth-order valence-corrected chi connectivity index (χ4v) is 2.52. The van der Waals surface area contributed by atoms with E-state index < -0.39 is 5.60 Å². The van der Waals surface area contributed by atoms with Gasteiger partial charge in [0.2, 0.25) is 0 Å². The molecule has 0 bridgehead atoms. The van der Waals surface area contributed by atoms with Gasteiger partial charge in [-0.3, -0.25) is 4.98 Å². The van der Waals surface area contributed by atoms with Crippen molar-refractivity contribution in [3.05, 3.63) is 24.0 Å². The van der Waals surface area contributed by atoms with E-state index in [-0.39, 0.29) is 6.10 Å². The fourth-order valence-electron chi connectivity index (χ4n) is 2.52. The molecular formula is C13H19NO3. The lowest BCUT2D eigenvalue weighted by Crippen LogP contribution is -2.36. The monoisotopic (exact) mass is 237 g/mol. The molecule has 1 aliphatic rings. The van der Waals surface area contributed by atoms with Gasteiger partial charge in [0.05, 0.1) is 13.2 Å². The number of pyridine rings is 1. The highest BCUT2D eigenvalue weighted by Crippen LogP contribution is 2.40. The standard InChI is InChI=1S/C13H19NO3/c1-16-10-5-3-7-13(15,9-10)12-11(17-2)6-4-8-14-12/h4,6,8,10,15H,3,5,7,9H2,1-2H3. The van der Waals surface area contributed by atoms with Crippen molar-refractivity contribution < 1.29 is 14.6 Å². The van der Waals surface area contributed by atoms with Gasteiger partial charge in [0, 0.05) is 19.7 Å². The van der Waals surface area contributed by atoms with Crippen LogP contribution in [0.25, 0.3) is 0 Å². The van der Waals surface area contributed by atoms with Crippen LogP contribution in [-0.4, -0.2) is 30.4 Å². The number of hydrogen-bond acceptors (Lipinski definition) is 4. The third-order valence-electron chi connectivity index (χ3n) is 3.45.